The van der Waals surface area contributed by atoms with Crippen molar-refractivity contribution in [3.63, 3.8) is 0 Å². The Hall–Kier alpha value is -1.80. The third kappa shape index (κ3) is 3.99. The fraction of sp³-hybridized carbons (Fsp3) is 0.375. The first-order valence-corrected chi connectivity index (χ1v) is 9.86. The summed E-state index contributed by atoms with van der Waals surface area (Å²) < 4.78 is 28.9. The van der Waals surface area contributed by atoms with Gasteiger partial charge in [-0.3, -0.25) is 9.69 Å². The molecule has 2 rings (SSSR count). The average Bonchev–Trinajstić information content (AvgIpc) is 2.81. The summed E-state index contributed by atoms with van der Waals surface area (Å²) in [6, 6.07) is 6.64. The molecule has 130 valence electrons. The Bertz CT molecular complexity index is 781. The lowest BCUT2D eigenvalue weighted by Gasteiger charge is -2.12. The number of aryl methyl sites for hydroxylation is 1. The van der Waals surface area contributed by atoms with Crippen LogP contribution in [0.25, 0.3) is 0 Å². The first-order chi connectivity index (χ1) is 11.3. The van der Waals surface area contributed by atoms with Crippen LogP contribution in [0.15, 0.2) is 44.7 Å². The van der Waals surface area contributed by atoms with Crippen molar-refractivity contribution in [2.45, 2.75) is 25.2 Å². The van der Waals surface area contributed by atoms with Gasteiger partial charge in [-0.25, -0.2) is 0 Å². The molecule has 1 amide bonds. The highest BCUT2D eigenvalue weighted by atomic mass is 32.2. The fourth-order valence-corrected chi connectivity index (χ4v) is 4.45. The van der Waals surface area contributed by atoms with Gasteiger partial charge in [0.25, 0.3) is 15.9 Å². The number of amidine groups is 1. The molecule has 1 aromatic rings. The first-order valence-electron chi connectivity index (χ1n) is 7.60. The van der Waals surface area contributed by atoms with E-state index >= 15 is 0 Å². The fourth-order valence-electron chi connectivity index (χ4n) is 2.13. The van der Waals surface area contributed by atoms with Gasteiger partial charge in [-0.2, -0.15) is 8.42 Å². The van der Waals surface area contributed by atoms with Gasteiger partial charge in [0.15, 0.2) is 5.17 Å². The molecule has 0 radical (unpaired) electrons. The largest absolute Gasteiger partial charge is 0.382 e. The SMILES string of the molecule is CCc1ccc(S(=O)(=O)N=C2SC(=CN(C)C)C(=O)N2CC)cc1. The van der Waals surface area contributed by atoms with Crippen LogP contribution < -0.4 is 0 Å². The van der Waals surface area contributed by atoms with Crippen LogP contribution in [0, 0.1) is 0 Å². The van der Waals surface area contributed by atoms with E-state index in [9.17, 15) is 13.2 Å². The second kappa shape index (κ2) is 7.40. The van der Waals surface area contributed by atoms with Crippen LogP contribution in [0.5, 0.6) is 0 Å². The third-order valence-corrected chi connectivity index (χ3v) is 5.80. The summed E-state index contributed by atoms with van der Waals surface area (Å²) in [5.41, 5.74) is 1.05. The van der Waals surface area contributed by atoms with Gasteiger partial charge in [-0.1, -0.05) is 19.1 Å². The minimum atomic E-state index is -3.85. The smallest absolute Gasteiger partial charge is 0.284 e. The van der Waals surface area contributed by atoms with Gasteiger partial charge < -0.3 is 4.90 Å². The number of benzene rings is 1. The molecule has 8 heteroatoms. The van der Waals surface area contributed by atoms with Crippen molar-refractivity contribution in [3.05, 3.63) is 40.9 Å². The number of rotatable bonds is 5. The number of amides is 1. The quantitative estimate of drug-likeness (QED) is 0.747. The van der Waals surface area contributed by atoms with Crippen LogP contribution in [0.4, 0.5) is 0 Å². The van der Waals surface area contributed by atoms with E-state index in [1.165, 1.54) is 4.90 Å². The second-order valence-corrected chi connectivity index (χ2v) is 8.07. The van der Waals surface area contributed by atoms with Crippen LogP contribution in [0.1, 0.15) is 19.4 Å². The van der Waals surface area contributed by atoms with Crippen molar-refractivity contribution in [1.29, 1.82) is 0 Å². The van der Waals surface area contributed by atoms with Crippen LogP contribution >= 0.6 is 11.8 Å². The van der Waals surface area contributed by atoms with E-state index in [0.717, 1.165) is 23.7 Å². The minimum absolute atomic E-state index is 0.126. The Morgan fingerprint density at radius 1 is 1.21 bits per heavy atom. The highest BCUT2D eigenvalue weighted by Gasteiger charge is 2.34. The van der Waals surface area contributed by atoms with Gasteiger partial charge >= 0.3 is 0 Å². The molecule has 0 atom stereocenters. The molecule has 1 heterocycles. The van der Waals surface area contributed by atoms with Gasteiger partial charge in [0.2, 0.25) is 0 Å². The Morgan fingerprint density at radius 2 is 1.83 bits per heavy atom. The Morgan fingerprint density at radius 3 is 2.33 bits per heavy atom. The monoisotopic (exact) mass is 367 g/mol. The van der Waals surface area contributed by atoms with E-state index in [0.29, 0.717) is 11.4 Å². The molecular formula is C16H21N3O3S2. The van der Waals surface area contributed by atoms with Crippen LogP contribution in [0.2, 0.25) is 0 Å². The standard InChI is InChI=1S/C16H21N3O3S2/c1-5-12-7-9-13(10-8-12)24(21,22)17-16-19(6-2)15(20)14(23-16)11-18(3)4/h7-11H,5-6H2,1-4H3. The van der Waals surface area contributed by atoms with Crippen molar-refractivity contribution in [2.24, 2.45) is 4.40 Å². The molecule has 0 spiro atoms. The van der Waals surface area contributed by atoms with Crippen molar-refractivity contribution in [1.82, 2.24) is 9.80 Å². The summed E-state index contributed by atoms with van der Waals surface area (Å²) in [7, 11) is -0.247. The van der Waals surface area contributed by atoms with E-state index in [1.54, 1.807) is 56.4 Å². The van der Waals surface area contributed by atoms with E-state index in [4.69, 9.17) is 0 Å². The van der Waals surface area contributed by atoms with Crippen molar-refractivity contribution in [3.8, 4) is 0 Å². The lowest BCUT2D eigenvalue weighted by atomic mass is 10.2. The lowest BCUT2D eigenvalue weighted by Crippen LogP contribution is -2.29. The third-order valence-electron chi connectivity index (χ3n) is 3.41. The molecule has 1 saturated heterocycles. The summed E-state index contributed by atoms with van der Waals surface area (Å²) in [6.07, 6.45) is 2.50. The molecule has 1 aliphatic heterocycles. The summed E-state index contributed by atoms with van der Waals surface area (Å²) in [6.45, 7) is 4.15. The van der Waals surface area contributed by atoms with Crippen molar-refractivity contribution >= 4 is 32.9 Å². The molecule has 0 bridgehead atoms. The maximum Gasteiger partial charge on any atom is 0.284 e. The van der Waals surface area contributed by atoms with Gasteiger partial charge in [-0.05, 0) is 42.8 Å². The van der Waals surface area contributed by atoms with Crippen molar-refractivity contribution < 1.29 is 13.2 Å². The van der Waals surface area contributed by atoms with Gasteiger partial charge in [-0.15, -0.1) is 4.40 Å². The Kier molecular flexibility index (Phi) is 5.71. The zero-order chi connectivity index (χ0) is 17.9. The number of nitrogens with zero attached hydrogens (tertiary/aromatic N) is 3. The number of likely N-dealkylation sites (N-methyl/N-ethyl adjacent to an activating group) is 1. The number of carbonyl (C=O) groups excluding carboxylic acids is 1. The molecule has 0 unspecified atom stereocenters. The molecule has 6 nitrogen and oxygen atoms in total. The van der Waals surface area contributed by atoms with Crippen LogP contribution in [-0.4, -0.2) is 49.9 Å². The maximum atomic E-state index is 12.5. The normalized spacial score (nSPS) is 18.7. The molecule has 1 aromatic carbocycles. The van der Waals surface area contributed by atoms with Crippen LogP contribution in [0.3, 0.4) is 0 Å². The number of thioether (sulfide) groups is 1. The molecule has 24 heavy (non-hydrogen) atoms. The second-order valence-electron chi connectivity index (χ2n) is 5.45. The Balaban J connectivity index is 2.38. The van der Waals surface area contributed by atoms with Crippen LogP contribution in [-0.2, 0) is 21.2 Å². The van der Waals surface area contributed by atoms with E-state index in [-0.39, 0.29) is 16.0 Å². The number of hydrogen-bond donors (Lipinski definition) is 0. The molecule has 0 aliphatic carbocycles. The summed E-state index contributed by atoms with van der Waals surface area (Å²) in [4.78, 5) is 16.0. The summed E-state index contributed by atoms with van der Waals surface area (Å²) in [5.74, 6) is -0.230. The highest BCUT2D eigenvalue weighted by molar-refractivity contribution is 8.19. The van der Waals surface area contributed by atoms with Gasteiger partial charge in [0, 0.05) is 26.8 Å². The topological polar surface area (TPSA) is 70.0 Å². The van der Waals surface area contributed by atoms with Gasteiger partial charge in [0.05, 0.1) is 9.80 Å². The molecule has 0 N–H and O–H groups in total. The zero-order valence-electron chi connectivity index (χ0n) is 14.2. The highest BCUT2D eigenvalue weighted by Crippen LogP contribution is 2.32. The molecule has 0 saturated carbocycles. The number of carbonyl (C=O) groups is 1. The van der Waals surface area contributed by atoms with E-state index in [1.807, 2.05) is 6.92 Å². The Labute approximate surface area is 147 Å². The number of hydrogen-bond acceptors (Lipinski definition) is 5. The molecule has 1 fully saturated rings. The average molecular weight is 367 g/mol. The predicted molar refractivity (Wildman–Crippen MR) is 97.2 cm³/mol. The number of sulfonamides is 1. The maximum absolute atomic E-state index is 12.5. The summed E-state index contributed by atoms with van der Waals surface area (Å²) in [5, 5.41) is 0.190. The predicted octanol–water partition coefficient (Wildman–Crippen LogP) is 2.29. The molecular weight excluding hydrogens is 346 g/mol. The van der Waals surface area contributed by atoms with E-state index in [2.05, 4.69) is 4.40 Å². The summed E-state index contributed by atoms with van der Waals surface area (Å²) >= 11 is 1.08. The lowest BCUT2D eigenvalue weighted by molar-refractivity contribution is -0.122. The van der Waals surface area contributed by atoms with Gasteiger partial charge in [0.1, 0.15) is 0 Å². The van der Waals surface area contributed by atoms with E-state index < -0.39 is 10.0 Å². The molecule has 0 aromatic heterocycles. The van der Waals surface area contributed by atoms with Crippen molar-refractivity contribution in [2.75, 3.05) is 20.6 Å². The minimum Gasteiger partial charge on any atom is -0.382 e. The zero-order valence-corrected chi connectivity index (χ0v) is 15.8. The molecule has 1 aliphatic rings. The first kappa shape index (κ1) is 18.5.